The molecule has 4 nitrogen and oxygen atoms in total. The lowest BCUT2D eigenvalue weighted by Gasteiger charge is -1.82. The van der Waals surface area contributed by atoms with Gasteiger partial charge in [0.1, 0.15) is 0 Å². The summed E-state index contributed by atoms with van der Waals surface area (Å²) in [6.07, 6.45) is 0.162. The Morgan fingerprint density at radius 2 is 2.56 bits per heavy atom. The van der Waals surface area contributed by atoms with E-state index in [0.717, 1.165) is 0 Å². The van der Waals surface area contributed by atoms with Gasteiger partial charge in [-0.1, -0.05) is 17.8 Å². The number of aromatic nitrogens is 2. The van der Waals surface area contributed by atoms with E-state index in [1.165, 1.54) is 7.11 Å². The molecule has 1 heterocycles. The minimum atomic E-state index is 0.162. The van der Waals surface area contributed by atoms with E-state index in [2.05, 4.69) is 32.0 Å². The van der Waals surface area contributed by atoms with Crippen molar-refractivity contribution in [3.05, 3.63) is 5.82 Å². The fourth-order valence-corrected chi connectivity index (χ4v) is 0.497. The first-order valence-corrected chi connectivity index (χ1v) is 2.89. The van der Waals surface area contributed by atoms with Crippen LogP contribution < -0.4 is 4.74 Å². The zero-order valence-corrected chi connectivity index (χ0v) is 5.64. The van der Waals surface area contributed by atoms with Crippen LogP contribution in [0.15, 0.2) is 4.52 Å². The lowest BCUT2D eigenvalue weighted by molar-refractivity contribution is 0.250. The van der Waals surface area contributed by atoms with E-state index < -0.39 is 0 Å². The lowest BCUT2D eigenvalue weighted by Crippen LogP contribution is -1.82. The van der Waals surface area contributed by atoms with E-state index in [1.807, 2.05) is 0 Å². The summed E-state index contributed by atoms with van der Waals surface area (Å²) in [6, 6.07) is 0. The van der Waals surface area contributed by atoms with Gasteiger partial charge in [0.2, 0.25) is 0 Å². The second kappa shape index (κ2) is 2.72. The molecule has 0 N–H and O–H groups in total. The first-order chi connectivity index (χ1) is 4.36. The highest BCUT2D eigenvalue weighted by molar-refractivity contribution is 7.79. The molecule has 0 saturated heterocycles. The van der Waals surface area contributed by atoms with E-state index in [4.69, 9.17) is 0 Å². The molecule has 9 heavy (non-hydrogen) atoms. The summed E-state index contributed by atoms with van der Waals surface area (Å²) >= 11 is 4.64. The third kappa shape index (κ3) is 1.35. The van der Waals surface area contributed by atoms with E-state index in [-0.39, 0.29) is 6.08 Å². The first-order valence-electron chi connectivity index (χ1n) is 2.31. The molecule has 0 aromatic carbocycles. The average Bonchev–Trinajstić information content (AvgIpc) is 2.34. The zero-order valence-electron chi connectivity index (χ0n) is 4.83. The largest absolute Gasteiger partial charge is 0.452 e. The van der Waals surface area contributed by atoms with Crippen molar-refractivity contribution in [3.8, 4) is 6.08 Å². The van der Waals surface area contributed by atoms with Gasteiger partial charge in [-0.2, -0.15) is 4.98 Å². The summed E-state index contributed by atoms with van der Waals surface area (Å²) in [5, 5.41) is 3.49. The molecule has 5 heteroatoms. The highest BCUT2D eigenvalue weighted by atomic mass is 32.1. The summed E-state index contributed by atoms with van der Waals surface area (Å²) in [5.74, 6) is 0.842. The Labute approximate surface area is 57.6 Å². The molecule has 49 valence electrons. The van der Waals surface area contributed by atoms with Gasteiger partial charge in [-0.15, -0.1) is 0 Å². The lowest BCUT2D eigenvalue weighted by atomic mass is 10.7. The van der Waals surface area contributed by atoms with E-state index >= 15 is 0 Å². The number of hydrogen-bond acceptors (Lipinski definition) is 4. The van der Waals surface area contributed by atoms with Crippen LogP contribution in [0.1, 0.15) is 5.82 Å². The molecule has 1 aromatic heterocycles. The van der Waals surface area contributed by atoms with Crippen LogP contribution in [0, 0.1) is 0 Å². The van der Waals surface area contributed by atoms with Crippen LogP contribution in [0.5, 0.6) is 6.08 Å². The Bertz CT molecular complexity index is 170. The number of nitrogens with zero attached hydrogens (tertiary/aromatic N) is 2. The van der Waals surface area contributed by atoms with Gasteiger partial charge in [0, 0.05) is 0 Å². The van der Waals surface area contributed by atoms with Crippen molar-refractivity contribution in [1.29, 1.82) is 0 Å². The molecule has 0 aliphatic heterocycles. The number of ether oxygens (including phenoxy) is 1. The standard InChI is InChI=1S/C4H5N2O2S/c1-7-4-5-3(2-9)6-8-4/h2H2,1H3. The van der Waals surface area contributed by atoms with Crippen molar-refractivity contribution < 1.29 is 9.26 Å². The normalized spacial score (nSPS) is 9.56. The second-order valence-electron chi connectivity index (χ2n) is 1.32. The summed E-state index contributed by atoms with van der Waals surface area (Å²) in [6.45, 7) is 0. The summed E-state index contributed by atoms with van der Waals surface area (Å²) in [5.41, 5.74) is 0. The van der Waals surface area contributed by atoms with Crippen molar-refractivity contribution in [1.82, 2.24) is 10.1 Å². The average molecular weight is 145 g/mol. The maximum Gasteiger partial charge on any atom is 0.417 e. The van der Waals surface area contributed by atoms with E-state index in [0.29, 0.717) is 11.6 Å². The van der Waals surface area contributed by atoms with Crippen LogP contribution in [0.4, 0.5) is 0 Å². The summed E-state index contributed by atoms with van der Waals surface area (Å²) in [4.78, 5) is 3.74. The quantitative estimate of drug-likeness (QED) is 0.616. The molecule has 1 radical (unpaired) electrons. The van der Waals surface area contributed by atoms with Crippen molar-refractivity contribution >= 4 is 12.6 Å². The molecule has 0 unspecified atom stereocenters. The Balaban J connectivity index is 2.74. The minimum Gasteiger partial charge on any atom is -0.452 e. The highest BCUT2D eigenvalue weighted by Crippen LogP contribution is 2.05. The fourth-order valence-electron chi connectivity index (χ4n) is 0.379. The van der Waals surface area contributed by atoms with Gasteiger partial charge in [0.05, 0.1) is 12.9 Å². The summed E-state index contributed by atoms with van der Waals surface area (Å²) < 4.78 is 9.16. The highest BCUT2D eigenvalue weighted by Gasteiger charge is 2.01. The van der Waals surface area contributed by atoms with Crippen LogP contribution in [-0.2, 0) is 5.75 Å². The van der Waals surface area contributed by atoms with Gasteiger partial charge in [-0.05, 0) is 0 Å². The van der Waals surface area contributed by atoms with Gasteiger partial charge in [-0.3, -0.25) is 4.52 Å². The zero-order chi connectivity index (χ0) is 6.69. The smallest absolute Gasteiger partial charge is 0.417 e. The van der Waals surface area contributed by atoms with Crippen LogP contribution in [0.3, 0.4) is 0 Å². The van der Waals surface area contributed by atoms with Gasteiger partial charge in [0.25, 0.3) is 0 Å². The van der Waals surface area contributed by atoms with Crippen LogP contribution >= 0.6 is 12.6 Å². The molecule has 0 amide bonds. The number of rotatable bonds is 2. The predicted molar refractivity (Wildman–Crippen MR) is 32.1 cm³/mol. The molecule has 0 atom stereocenters. The van der Waals surface area contributed by atoms with E-state index in [1.54, 1.807) is 0 Å². The van der Waals surface area contributed by atoms with Crippen molar-refractivity contribution in [3.63, 3.8) is 0 Å². The Morgan fingerprint density at radius 3 is 2.89 bits per heavy atom. The second-order valence-corrected chi connectivity index (χ2v) is 1.61. The molecular formula is C4H5N2O2S. The number of methoxy groups -OCH3 is 1. The van der Waals surface area contributed by atoms with Crippen LogP contribution in [-0.4, -0.2) is 17.3 Å². The first kappa shape index (κ1) is 6.41. The Kier molecular flexibility index (Phi) is 1.94. The molecule has 0 saturated carbocycles. The van der Waals surface area contributed by atoms with Crippen LogP contribution in [0.25, 0.3) is 0 Å². The van der Waals surface area contributed by atoms with Crippen molar-refractivity contribution in [2.75, 3.05) is 7.11 Å². The maximum absolute atomic E-state index is 4.64. The number of hydrogen-bond donors (Lipinski definition) is 0. The van der Waals surface area contributed by atoms with Gasteiger partial charge >= 0.3 is 6.08 Å². The Hall–Kier alpha value is -0.710. The SMILES string of the molecule is COc1nc(C[S])no1. The van der Waals surface area contributed by atoms with Gasteiger partial charge in [-0.25, -0.2) is 0 Å². The van der Waals surface area contributed by atoms with Crippen LogP contribution in [0.2, 0.25) is 0 Å². The molecule has 0 aliphatic rings. The minimum absolute atomic E-state index is 0.162. The molecule has 0 spiro atoms. The topological polar surface area (TPSA) is 48.2 Å². The molecular weight excluding hydrogens is 140 g/mol. The predicted octanol–water partition coefficient (Wildman–Crippen LogP) is 0.776. The molecule has 0 aliphatic carbocycles. The molecule has 1 rings (SSSR count). The molecule has 0 fully saturated rings. The summed E-state index contributed by atoms with van der Waals surface area (Å²) in [7, 11) is 1.46. The van der Waals surface area contributed by atoms with Crippen molar-refractivity contribution in [2.45, 2.75) is 5.75 Å². The maximum atomic E-state index is 4.64. The Morgan fingerprint density at radius 1 is 1.78 bits per heavy atom. The molecule has 0 bridgehead atoms. The van der Waals surface area contributed by atoms with Gasteiger partial charge < -0.3 is 4.74 Å². The fraction of sp³-hybridized carbons (Fsp3) is 0.500. The molecule has 1 aromatic rings. The third-order valence-electron chi connectivity index (χ3n) is 0.753. The monoisotopic (exact) mass is 145 g/mol. The van der Waals surface area contributed by atoms with Gasteiger partial charge in [0.15, 0.2) is 5.82 Å². The van der Waals surface area contributed by atoms with E-state index in [9.17, 15) is 0 Å². The third-order valence-corrected chi connectivity index (χ3v) is 1.01. The van der Waals surface area contributed by atoms with Crippen molar-refractivity contribution in [2.24, 2.45) is 0 Å².